The zero-order valence-corrected chi connectivity index (χ0v) is 5.50. The van der Waals surface area contributed by atoms with Gasteiger partial charge in [-0.25, -0.2) is 4.79 Å². The predicted molar refractivity (Wildman–Crippen MR) is 38.1 cm³/mol. The minimum atomic E-state index is -0.238. The number of nitrogen functional groups attached to an aromatic ring is 1. The van der Waals surface area contributed by atoms with Gasteiger partial charge in [0.15, 0.2) is 0 Å². The number of nitrogens with two attached hydrogens (primary N) is 1. The van der Waals surface area contributed by atoms with Crippen LogP contribution in [-0.4, -0.2) is 5.91 Å². The summed E-state index contributed by atoms with van der Waals surface area (Å²) >= 11 is 0. The first-order valence-electron chi connectivity index (χ1n) is 2.92. The Hall–Kier alpha value is -1.35. The van der Waals surface area contributed by atoms with E-state index in [-0.39, 0.29) is 5.91 Å². The third-order valence-corrected chi connectivity index (χ3v) is 1.26. The summed E-state index contributed by atoms with van der Waals surface area (Å²) in [7, 11) is 0. The third kappa shape index (κ3) is 1.14. The second-order valence-electron chi connectivity index (χ2n) is 2.01. The fraction of sp³-hybridized carbons (Fsp3) is 0. The van der Waals surface area contributed by atoms with Crippen molar-refractivity contribution in [2.24, 2.45) is 0 Å². The van der Waals surface area contributed by atoms with Crippen LogP contribution in [0.4, 0.5) is 5.69 Å². The Labute approximate surface area is 58.6 Å². The number of anilines is 1. The molecule has 1 amide bonds. The van der Waals surface area contributed by atoms with Gasteiger partial charge in [0.05, 0.1) is 0 Å². The van der Waals surface area contributed by atoms with Crippen molar-refractivity contribution < 1.29 is 10.5 Å². The number of quaternary nitrogens is 1. The van der Waals surface area contributed by atoms with Gasteiger partial charge in [-0.15, -0.1) is 0 Å². The van der Waals surface area contributed by atoms with Crippen LogP contribution in [0.2, 0.25) is 0 Å². The number of para-hydroxylation sites is 1. The van der Waals surface area contributed by atoms with E-state index in [9.17, 15) is 4.79 Å². The monoisotopic (exact) mass is 137 g/mol. The maximum Gasteiger partial charge on any atom is 0.343 e. The van der Waals surface area contributed by atoms with Gasteiger partial charge in [-0.1, -0.05) is 12.1 Å². The molecule has 0 atom stereocenters. The average Bonchev–Trinajstić information content (AvgIpc) is 1.88. The van der Waals surface area contributed by atoms with E-state index in [0.717, 1.165) is 0 Å². The molecular weight excluding hydrogens is 128 g/mol. The number of carbonyl (C=O) groups is 1. The first-order valence-corrected chi connectivity index (χ1v) is 2.92. The minimum absolute atomic E-state index is 0.238. The molecule has 0 heterocycles. The lowest BCUT2D eigenvalue weighted by Gasteiger charge is -1.94. The second-order valence-corrected chi connectivity index (χ2v) is 2.01. The molecule has 52 valence electrons. The molecule has 1 rings (SSSR count). The molecule has 3 heteroatoms. The molecule has 0 aromatic heterocycles. The van der Waals surface area contributed by atoms with Crippen molar-refractivity contribution in [3.8, 4) is 0 Å². The highest BCUT2D eigenvalue weighted by molar-refractivity contribution is 5.91. The Bertz CT molecular complexity index is 258. The smallest absolute Gasteiger partial charge is 0.343 e. The molecule has 0 bridgehead atoms. The van der Waals surface area contributed by atoms with E-state index in [1.807, 2.05) is 0 Å². The molecule has 3 nitrogen and oxygen atoms in total. The molecule has 1 aromatic carbocycles. The molecular formula is C7H9N2O+. The summed E-state index contributed by atoms with van der Waals surface area (Å²) in [6.45, 7) is 0. The average molecular weight is 137 g/mol. The predicted octanol–water partition coefficient (Wildman–Crippen LogP) is -0.349. The van der Waals surface area contributed by atoms with Crippen molar-refractivity contribution in [1.82, 2.24) is 0 Å². The van der Waals surface area contributed by atoms with E-state index in [0.29, 0.717) is 11.3 Å². The van der Waals surface area contributed by atoms with Crippen LogP contribution >= 0.6 is 0 Å². The zero-order valence-electron chi connectivity index (χ0n) is 5.50. The lowest BCUT2D eigenvalue weighted by molar-refractivity contribution is -0.254. The van der Waals surface area contributed by atoms with Crippen molar-refractivity contribution in [3.63, 3.8) is 0 Å². The molecule has 0 spiro atoms. The van der Waals surface area contributed by atoms with Crippen LogP contribution in [-0.2, 0) is 0 Å². The summed E-state index contributed by atoms with van der Waals surface area (Å²) in [5.41, 5.74) is 9.69. The Kier molecular flexibility index (Phi) is 1.69. The molecule has 5 N–H and O–H groups in total. The Morgan fingerprint density at radius 1 is 1.40 bits per heavy atom. The van der Waals surface area contributed by atoms with Crippen LogP contribution in [0.1, 0.15) is 10.4 Å². The molecule has 0 aliphatic carbocycles. The van der Waals surface area contributed by atoms with E-state index < -0.39 is 0 Å². The molecule has 0 unspecified atom stereocenters. The number of amides is 1. The first-order chi connectivity index (χ1) is 4.72. The fourth-order valence-electron chi connectivity index (χ4n) is 0.751. The van der Waals surface area contributed by atoms with Gasteiger partial charge < -0.3 is 5.73 Å². The second kappa shape index (κ2) is 2.49. The quantitative estimate of drug-likeness (QED) is 0.519. The highest BCUT2D eigenvalue weighted by atomic mass is 16.1. The van der Waals surface area contributed by atoms with Gasteiger partial charge in [0, 0.05) is 5.69 Å². The Balaban J connectivity index is 3.15. The van der Waals surface area contributed by atoms with Crippen LogP contribution < -0.4 is 11.5 Å². The van der Waals surface area contributed by atoms with E-state index >= 15 is 0 Å². The maximum absolute atomic E-state index is 10.7. The number of carbonyl (C=O) groups excluding carboxylic acids is 1. The van der Waals surface area contributed by atoms with Crippen LogP contribution in [0, 0.1) is 0 Å². The van der Waals surface area contributed by atoms with Crippen molar-refractivity contribution in [1.29, 1.82) is 0 Å². The number of benzene rings is 1. The first kappa shape index (κ1) is 6.77. The van der Waals surface area contributed by atoms with Crippen molar-refractivity contribution in [2.75, 3.05) is 5.73 Å². The van der Waals surface area contributed by atoms with E-state index in [1.54, 1.807) is 24.3 Å². The zero-order chi connectivity index (χ0) is 7.56. The highest BCUT2D eigenvalue weighted by Gasteiger charge is 2.05. The van der Waals surface area contributed by atoms with E-state index in [2.05, 4.69) is 5.73 Å². The molecule has 0 radical (unpaired) electrons. The van der Waals surface area contributed by atoms with Crippen LogP contribution in [0.25, 0.3) is 0 Å². The Morgan fingerprint density at radius 2 is 2.00 bits per heavy atom. The highest BCUT2D eigenvalue weighted by Crippen LogP contribution is 2.07. The van der Waals surface area contributed by atoms with Gasteiger partial charge in [0.2, 0.25) is 0 Å². The van der Waals surface area contributed by atoms with E-state index in [4.69, 9.17) is 5.73 Å². The fourth-order valence-corrected chi connectivity index (χ4v) is 0.751. The van der Waals surface area contributed by atoms with Crippen molar-refractivity contribution in [2.45, 2.75) is 0 Å². The SMILES string of the molecule is Nc1ccccc1C([NH3+])=O. The summed E-state index contributed by atoms with van der Waals surface area (Å²) in [4.78, 5) is 10.7. The molecule has 10 heavy (non-hydrogen) atoms. The van der Waals surface area contributed by atoms with Gasteiger partial charge >= 0.3 is 5.91 Å². The summed E-state index contributed by atoms with van der Waals surface area (Å²) in [5.74, 6) is -0.238. The molecule has 0 aliphatic rings. The molecule has 1 aromatic rings. The Morgan fingerprint density at radius 3 is 2.40 bits per heavy atom. The minimum Gasteiger partial charge on any atom is -0.398 e. The van der Waals surface area contributed by atoms with Crippen molar-refractivity contribution in [3.05, 3.63) is 29.8 Å². The molecule has 0 fully saturated rings. The number of rotatable bonds is 1. The number of hydrogen-bond donors (Lipinski definition) is 2. The third-order valence-electron chi connectivity index (χ3n) is 1.26. The topological polar surface area (TPSA) is 70.7 Å². The summed E-state index contributed by atoms with van der Waals surface area (Å²) in [6.07, 6.45) is 0. The van der Waals surface area contributed by atoms with Crippen LogP contribution in [0.5, 0.6) is 0 Å². The largest absolute Gasteiger partial charge is 0.398 e. The van der Waals surface area contributed by atoms with Gasteiger partial charge in [-0.2, -0.15) is 0 Å². The van der Waals surface area contributed by atoms with Crippen molar-refractivity contribution >= 4 is 11.6 Å². The van der Waals surface area contributed by atoms with Gasteiger partial charge in [0.25, 0.3) is 0 Å². The lowest BCUT2D eigenvalue weighted by Crippen LogP contribution is -2.56. The molecule has 0 aliphatic heterocycles. The lowest BCUT2D eigenvalue weighted by atomic mass is 10.2. The summed E-state index contributed by atoms with van der Waals surface area (Å²) in [5, 5.41) is 0. The molecule has 0 saturated heterocycles. The summed E-state index contributed by atoms with van der Waals surface area (Å²) < 4.78 is 0. The summed E-state index contributed by atoms with van der Waals surface area (Å²) in [6, 6.07) is 6.87. The van der Waals surface area contributed by atoms with Gasteiger partial charge in [0.1, 0.15) is 5.56 Å². The van der Waals surface area contributed by atoms with E-state index in [1.165, 1.54) is 0 Å². The standard InChI is InChI=1S/C7H8N2O/c8-6-4-2-1-3-5(6)7(9)10/h1-4H,8H2,(H2,9,10)/p+1. The normalized spacial score (nSPS) is 9.30. The number of hydrogen-bond acceptors (Lipinski definition) is 2. The maximum atomic E-state index is 10.7. The van der Waals surface area contributed by atoms with Crippen LogP contribution in [0.3, 0.4) is 0 Å². The molecule has 0 saturated carbocycles. The van der Waals surface area contributed by atoms with Gasteiger partial charge in [-0.3, -0.25) is 5.73 Å². The van der Waals surface area contributed by atoms with Gasteiger partial charge in [-0.05, 0) is 12.1 Å². The van der Waals surface area contributed by atoms with Crippen LogP contribution in [0.15, 0.2) is 24.3 Å².